The van der Waals surface area contributed by atoms with Gasteiger partial charge in [0.05, 0.1) is 18.1 Å². The number of aromatic amines is 1. The topological polar surface area (TPSA) is 55.6 Å². The molecule has 0 unspecified atom stereocenters. The smallest absolute Gasteiger partial charge is 0.263 e. The van der Waals surface area contributed by atoms with Crippen LogP contribution in [0.25, 0.3) is 10.2 Å². The Bertz CT molecular complexity index is 900. The average molecular weight is 320 g/mol. The molecule has 7 heteroatoms. The van der Waals surface area contributed by atoms with E-state index in [0.717, 1.165) is 23.4 Å². The lowest BCUT2D eigenvalue weighted by Crippen LogP contribution is -2.22. The third kappa shape index (κ3) is 2.58. The summed E-state index contributed by atoms with van der Waals surface area (Å²) in [5, 5.41) is 4.95. The van der Waals surface area contributed by atoms with Crippen LogP contribution in [0.5, 0.6) is 0 Å². The fraction of sp³-hybridized carbons (Fsp3) is 0.357. The summed E-state index contributed by atoms with van der Waals surface area (Å²) in [7, 11) is 0. The normalized spacial score (nSPS) is 11.3. The van der Waals surface area contributed by atoms with Crippen molar-refractivity contribution in [2.24, 2.45) is 0 Å². The number of hydrogen-bond acceptors (Lipinski definition) is 4. The maximum absolute atomic E-state index is 12.6. The fourth-order valence-corrected chi connectivity index (χ4v) is 3.56. The molecule has 0 bridgehead atoms. The zero-order valence-electron chi connectivity index (χ0n) is 11.9. The Balaban J connectivity index is 2.09. The van der Waals surface area contributed by atoms with Crippen LogP contribution in [0.2, 0.25) is 0 Å². The molecule has 0 aliphatic rings. The van der Waals surface area contributed by atoms with Gasteiger partial charge in [-0.05, 0) is 31.6 Å². The SMILES string of the molecule is CCc1cc2c(=O)n(Cc3cnn(CC)c3)c(=S)[nH]c2s1. The molecule has 3 rings (SSSR count). The molecule has 21 heavy (non-hydrogen) atoms. The molecule has 3 aromatic rings. The van der Waals surface area contributed by atoms with Gasteiger partial charge in [-0.3, -0.25) is 14.0 Å². The summed E-state index contributed by atoms with van der Waals surface area (Å²) in [5.41, 5.74) is 0.942. The summed E-state index contributed by atoms with van der Waals surface area (Å²) in [4.78, 5) is 17.8. The average Bonchev–Trinajstić information content (AvgIpc) is 3.09. The van der Waals surface area contributed by atoms with Crippen molar-refractivity contribution in [2.75, 3.05) is 0 Å². The van der Waals surface area contributed by atoms with Crippen LogP contribution in [0.4, 0.5) is 0 Å². The highest BCUT2D eigenvalue weighted by molar-refractivity contribution is 7.71. The van der Waals surface area contributed by atoms with E-state index in [1.807, 2.05) is 23.9 Å². The van der Waals surface area contributed by atoms with Gasteiger partial charge in [-0.2, -0.15) is 5.10 Å². The Morgan fingerprint density at radius 1 is 1.43 bits per heavy atom. The van der Waals surface area contributed by atoms with Crippen LogP contribution in [0.3, 0.4) is 0 Å². The predicted octanol–water partition coefficient (Wildman–Crippen LogP) is 2.95. The van der Waals surface area contributed by atoms with Crippen molar-refractivity contribution >= 4 is 33.8 Å². The molecule has 5 nitrogen and oxygen atoms in total. The highest BCUT2D eigenvalue weighted by Crippen LogP contribution is 2.21. The Morgan fingerprint density at radius 3 is 2.90 bits per heavy atom. The van der Waals surface area contributed by atoms with Crippen LogP contribution in [0.15, 0.2) is 23.3 Å². The number of thiophene rings is 1. The van der Waals surface area contributed by atoms with Gasteiger partial charge in [0.15, 0.2) is 4.77 Å². The van der Waals surface area contributed by atoms with E-state index in [1.165, 1.54) is 4.88 Å². The van der Waals surface area contributed by atoms with Crippen LogP contribution >= 0.6 is 23.6 Å². The zero-order valence-corrected chi connectivity index (χ0v) is 13.6. The first-order chi connectivity index (χ1) is 10.1. The van der Waals surface area contributed by atoms with Crippen molar-refractivity contribution in [1.29, 1.82) is 0 Å². The molecular formula is C14H16N4OS2. The van der Waals surface area contributed by atoms with Crippen molar-refractivity contribution in [2.45, 2.75) is 33.4 Å². The van der Waals surface area contributed by atoms with Gasteiger partial charge in [0.25, 0.3) is 5.56 Å². The van der Waals surface area contributed by atoms with Crippen LogP contribution < -0.4 is 5.56 Å². The lowest BCUT2D eigenvalue weighted by atomic mass is 10.3. The van der Waals surface area contributed by atoms with Crippen molar-refractivity contribution in [3.05, 3.63) is 44.0 Å². The molecule has 0 saturated heterocycles. The monoisotopic (exact) mass is 320 g/mol. The maximum Gasteiger partial charge on any atom is 0.263 e. The first kappa shape index (κ1) is 14.2. The molecule has 0 aliphatic carbocycles. The van der Waals surface area contributed by atoms with Gasteiger partial charge < -0.3 is 4.98 Å². The highest BCUT2D eigenvalue weighted by atomic mass is 32.1. The summed E-state index contributed by atoms with van der Waals surface area (Å²) in [5.74, 6) is 0. The minimum absolute atomic E-state index is 0.0334. The number of fused-ring (bicyclic) bond motifs is 1. The zero-order chi connectivity index (χ0) is 15.0. The molecule has 0 radical (unpaired) electrons. The van der Waals surface area contributed by atoms with Gasteiger partial charge in [0.1, 0.15) is 4.83 Å². The Morgan fingerprint density at radius 2 is 2.24 bits per heavy atom. The number of aryl methyl sites for hydroxylation is 2. The molecular weight excluding hydrogens is 304 g/mol. The molecule has 0 spiro atoms. The third-order valence-corrected chi connectivity index (χ3v) is 4.94. The van der Waals surface area contributed by atoms with Gasteiger partial charge in [-0.15, -0.1) is 11.3 Å². The highest BCUT2D eigenvalue weighted by Gasteiger charge is 2.10. The molecule has 0 atom stereocenters. The van der Waals surface area contributed by atoms with E-state index >= 15 is 0 Å². The van der Waals surface area contributed by atoms with E-state index in [2.05, 4.69) is 17.0 Å². The first-order valence-electron chi connectivity index (χ1n) is 6.89. The standard InChI is InChI=1S/C14H16N4OS2/c1-3-10-5-11-12(21-10)16-14(20)18(13(11)19)8-9-6-15-17(4-2)7-9/h5-7H,3-4,8H2,1-2H3,(H,16,20). The molecule has 0 fully saturated rings. The minimum atomic E-state index is -0.0334. The van der Waals surface area contributed by atoms with Crippen LogP contribution in [-0.4, -0.2) is 19.3 Å². The summed E-state index contributed by atoms with van der Waals surface area (Å²) in [6, 6.07) is 1.96. The van der Waals surface area contributed by atoms with E-state index in [1.54, 1.807) is 22.1 Å². The lowest BCUT2D eigenvalue weighted by Gasteiger charge is -2.04. The number of rotatable bonds is 4. The van der Waals surface area contributed by atoms with Crippen molar-refractivity contribution in [3.8, 4) is 0 Å². The summed E-state index contributed by atoms with van der Waals surface area (Å²) < 4.78 is 3.90. The fourth-order valence-electron chi connectivity index (χ4n) is 2.26. The van der Waals surface area contributed by atoms with E-state index in [4.69, 9.17) is 12.2 Å². The van der Waals surface area contributed by atoms with Gasteiger partial charge in [-0.1, -0.05) is 6.92 Å². The summed E-state index contributed by atoms with van der Waals surface area (Å²) in [6.07, 6.45) is 4.64. The third-order valence-electron chi connectivity index (χ3n) is 3.42. The first-order valence-corrected chi connectivity index (χ1v) is 8.11. The van der Waals surface area contributed by atoms with Crippen LogP contribution in [-0.2, 0) is 19.5 Å². The summed E-state index contributed by atoms with van der Waals surface area (Å²) in [6.45, 7) is 5.36. The predicted molar refractivity (Wildman–Crippen MR) is 87.7 cm³/mol. The number of hydrogen-bond donors (Lipinski definition) is 1. The van der Waals surface area contributed by atoms with E-state index in [0.29, 0.717) is 16.7 Å². The van der Waals surface area contributed by atoms with E-state index in [9.17, 15) is 4.79 Å². The largest absolute Gasteiger partial charge is 0.323 e. The molecule has 0 aliphatic heterocycles. The molecule has 0 amide bonds. The van der Waals surface area contributed by atoms with E-state index in [-0.39, 0.29) is 5.56 Å². The molecule has 110 valence electrons. The number of aromatic nitrogens is 4. The van der Waals surface area contributed by atoms with Crippen LogP contribution in [0.1, 0.15) is 24.3 Å². The number of H-pyrrole nitrogens is 1. The van der Waals surface area contributed by atoms with Gasteiger partial charge in [0, 0.05) is 23.2 Å². The Labute approximate surface area is 130 Å². The second-order valence-electron chi connectivity index (χ2n) is 4.83. The maximum atomic E-state index is 12.6. The number of nitrogens with one attached hydrogen (secondary N) is 1. The van der Waals surface area contributed by atoms with Crippen molar-refractivity contribution < 1.29 is 0 Å². The number of nitrogens with zero attached hydrogens (tertiary/aromatic N) is 3. The quantitative estimate of drug-likeness (QED) is 0.752. The minimum Gasteiger partial charge on any atom is -0.323 e. The molecule has 0 saturated carbocycles. The molecule has 0 aromatic carbocycles. The van der Waals surface area contributed by atoms with Crippen LogP contribution in [0, 0.1) is 4.77 Å². The molecule has 1 N–H and O–H groups in total. The Kier molecular flexibility index (Phi) is 3.77. The van der Waals surface area contributed by atoms with Crippen molar-refractivity contribution in [1.82, 2.24) is 19.3 Å². The van der Waals surface area contributed by atoms with Gasteiger partial charge in [-0.25, -0.2) is 0 Å². The second-order valence-corrected chi connectivity index (χ2v) is 6.36. The lowest BCUT2D eigenvalue weighted by molar-refractivity contribution is 0.657. The van der Waals surface area contributed by atoms with Crippen molar-refractivity contribution in [3.63, 3.8) is 0 Å². The van der Waals surface area contributed by atoms with Gasteiger partial charge in [0.2, 0.25) is 0 Å². The molecule has 3 aromatic heterocycles. The van der Waals surface area contributed by atoms with E-state index < -0.39 is 0 Å². The molecule has 3 heterocycles. The Hall–Kier alpha value is -1.73. The summed E-state index contributed by atoms with van der Waals surface area (Å²) >= 11 is 6.93. The van der Waals surface area contributed by atoms with Gasteiger partial charge >= 0.3 is 0 Å². The second kappa shape index (κ2) is 5.57.